The van der Waals surface area contributed by atoms with Crippen LogP contribution in [0, 0.1) is 27.7 Å². The smallest absolute Gasteiger partial charge is 0.162 e. The van der Waals surface area contributed by atoms with E-state index >= 15 is 0 Å². The standard InChI is InChI=1S/C32H40N2O3/c1-20-9-11-24(12-10-20)29-28-23(4)30(21(2)22(3)31(28)37-32(29,5)6)34-17-15-33(16-18-34)25-13-14-26(35-7)27(19-25)36-8/h9-14,19,29H,15-18H2,1-8H3. The van der Waals surface area contributed by atoms with Gasteiger partial charge in [0.05, 0.1) is 20.1 Å². The van der Waals surface area contributed by atoms with E-state index in [1.54, 1.807) is 14.2 Å². The average Bonchev–Trinajstić information content (AvgIpc) is 3.19. The highest BCUT2D eigenvalue weighted by Gasteiger charge is 2.45. The van der Waals surface area contributed by atoms with Crippen LogP contribution in [0.3, 0.4) is 0 Å². The van der Waals surface area contributed by atoms with E-state index < -0.39 is 0 Å². The molecule has 3 aromatic rings. The molecular weight excluding hydrogens is 460 g/mol. The Morgan fingerprint density at radius 3 is 2.00 bits per heavy atom. The largest absolute Gasteiger partial charge is 0.493 e. The summed E-state index contributed by atoms with van der Waals surface area (Å²) in [6.07, 6.45) is 0. The van der Waals surface area contributed by atoms with Gasteiger partial charge in [-0.25, -0.2) is 0 Å². The monoisotopic (exact) mass is 500 g/mol. The van der Waals surface area contributed by atoms with Crippen molar-refractivity contribution in [1.29, 1.82) is 0 Å². The highest BCUT2D eigenvalue weighted by molar-refractivity contribution is 5.72. The number of anilines is 2. The van der Waals surface area contributed by atoms with Gasteiger partial charge in [-0.2, -0.15) is 0 Å². The van der Waals surface area contributed by atoms with Crippen LogP contribution in [0.25, 0.3) is 0 Å². The van der Waals surface area contributed by atoms with E-state index in [2.05, 4.69) is 87.7 Å². The number of methoxy groups -OCH3 is 2. The topological polar surface area (TPSA) is 34.2 Å². The van der Waals surface area contributed by atoms with Crippen LogP contribution in [0.15, 0.2) is 42.5 Å². The van der Waals surface area contributed by atoms with Crippen molar-refractivity contribution in [2.24, 2.45) is 0 Å². The average molecular weight is 501 g/mol. The first kappa shape index (κ1) is 25.3. The summed E-state index contributed by atoms with van der Waals surface area (Å²) >= 11 is 0. The van der Waals surface area contributed by atoms with Crippen LogP contribution in [-0.4, -0.2) is 46.0 Å². The molecule has 0 amide bonds. The molecule has 1 fully saturated rings. The summed E-state index contributed by atoms with van der Waals surface area (Å²) in [5.74, 6) is 2.82. The fourth-order valence-corrected chi connectivity index (χ4v) is 6.29. The lowest BCUT2D eigenvalue weighted by Crippen LogP contribution is -2.47. The molecule has 0 N–H and O–H groups in total. The summed E-state index contributed by atoms with van der Waals surface area (Å²) in [7, 11) is 3.37. The van der Waals surface area contributed by atoms with Gasteiger partial charge in [0, 0.05) is 49.2 Å². The van der Waals surface area contributed by atoms with Gasteiger partial charge >= 0.3 is 0 Å². The van der Waals surface area contributed by atoms with Gasteiger partial charge in [-0.05, 0) is 75.9 Å². The predicted molar refractivity (Wildman–Crippen MR) is 152 cm³/mol. The molecule has 2 heterocycles. The molecule has 5 nitrogen and oxygen atoms in total. The van der Waals surface area contributed by atoms with Crippen LogP contribution in [-0.2, 0) is 0 Å². The first-order valence-corrected chi connectivity index (χ1v) is 13.3. The van der Waals surface area contributed by atoms with Gasteiger partial charge in [-0.3, -0.25) is 0 Å². The van der Waals surface area contributed by atoms with Crippen molar-refractivity contribution in [3.8, 4) is 17.2 Å². The Labute approximate surface area is 222 Å². The van der Waals surface area contributed by atoms with E-state index in [9.17, 15) is 0 Å². The molecule has 0 radical (unpaired) electrons. The molecule has 0 aromatic heterocycles. The summed E-state index contributed by atoms with van der Waals surface area (Å²) in [5, 5.41) is 0. The molecular formula is C32H40N2O3. The number of ether oxygens (including phenoxy) is 3. The Balaban J connectivity index is 1.47. The highest BCUT2D eigenvalue weighted by atomic mass is 16.5. The van der Waals surface area contributed by atoms with Crippen molar-refractivity contribution in [1.82, 2.24) is 0 Å². The SMILES string of the molecule is COc1ccc(N2CCN(c3c(C)c(C)c4c(c3C)C(c3ccc(C)cc3)C(C)(C)O4)CC2)cc1OC. The number of fused-ring (bicyclic) bond motifs is 1. The van der Waals surface area contributed by atoms with Crippen molar-refractivity contribution >= 4 is 11.4 Å². The molecule has 5 heteroatoms. The molecule has 0 saturated carbocycles. The minimum absolute atomic E-state index is 0.203. The zero-order chi connectivity index (χ0) is 26.5. The molecule has 0 bridgehead atoms. The van der Waals surface area contributed by atoms with E-state index in [-0.39, 0.29) is 11.5 Å². The number of hydrogen-bond acceptors (Lipinski definition) is 5. The van der Waals surface area contributed by atoms with E-state index in [4.69, 9.17) is 14.2 Å². The summed E-state index contributed by atoms with van der Waals surface area (Å²) in [4.78, 5) is 5.01. The quantitative estimate of drug-likeness (QED) is 0.396. The Morgan fingerprint density at radius 1 is 0.757 bits per heavy atom. The molecule has 2 aliphatic rings. The van der Waals surface area contributed by atoms with Gasteiger partial charge in [0.15, 0.2) is 11.5 Å². The van der Waals surface area contributed by atoms with Crippen molar-refractivity contribution in [2.45, 2.75) is 53.1 Å². The van der Waals surface area contributed by atoms with Crippen molar-refractivity contribution in [3.05, 3.63) is 75.8 Å². The first-order valence-electron chi connectivity index (χ1n) is 13.3. The van der Waals surface area contributed by atoms with E-state index in [0.717, 1.165) is 43.4 Å². The summed E-state index contributed by atoms with van der Waals surface area (Å²) in [6.45, 7) is 17.2. The maximum absolute atomic E-state index is 6.69. The Morgan fingerprint density at radius 2 is 1.38 bits per heavy atom. The fraction of sp³-hybridized carbons (Fsp3) is 0.438. The maximum atomic E-state index is 6.69. The molecule has 1 unspecified atom stereocenters. The molecule has 0 spiro atoms. The van der Waals surface area contributed by atoms with Gasteiger partial charge in [0.25, 0.3) is 0 Å². The summed E-state index contributed by atoms with van der Waals surface area (Å²) in [6, 6.07) is 15.2. The minimum Gasteiger partial charge on any atom is -0.493 e. The van der Waals surface area contributed by atoms with Crippen LogP contribution >= 0.6 is 0 Å². The number of benzene rings is 3. The van der Waals surface area contributed by atoms with E-state index in [1.807, 2.05) is 6.07 Å². The van der Waals surface area contributed by atoms with Crippen molar-refractivity contribution < 1.29 is 14.2 Å². The van der Waals surface area contributed by atoms with Crippen molar-refractivity contribution in [2.75, 3.05) is 50.2 Å². The molecule has 2 aliphatic heterocycles. The van der Waals surface area contributed by atoms with Gasteiger partial charge in [-0.1, -0.05) is 29.8 Å². The summed E-state index contributed by atoms with van der Waals surface area (Å²) < 4.78 is 17.7. The zero-order valence-corrected chi connectivity index (χ0v) is 23.6. The Bertz CT molecular complexity index is 1300. The van der Waals surface area contributed by atoms with E-state index in [1.165, 1.54) is 44.8 Å². The minimum atomic E-state index is -0.301. The lowest BCUT2D eigenvalue weighted by atomic mass is 9.78. The van der Waals surface area contributed by atoms with E-state index in [0.29, 0.717) is 0 Å². The third kappa shape index (κ3) is 4.28. The molecule has 3 aromatic carbocycles. The van der Waals surface area contributed by atoms with Crippen LogP contribution in [0.4, 0.5) is 11.4 Å². The highest BCUT2D eigenvalue weighted by Crippen LogP contribution is 2.54. The van der Waals surface area contributed by atoms with Crippen LogP contribution in [0.1, 0.15) is 53.1 Å². The molecule has 0 aliphatic carbocycles. The second kappa shape index (κ2) is 9.51. The summed E-state index contributed by atoms with van der Waals surface area (Å²) in [5.41, 5.74) is 10.2. The zero-order valence-electron chi connectivity index (χ0n) is 23.6. The third-order valence-corrected chi connectivity index (χ3v) is 8.35. The van der Waals surface area contributed by atoms with Crippen molar-refractivity contribution in [3.63, 3.8) is 0 Å². The predicted octanol–water partition coefficient (Wildman–Crippen LogP) is 6.57. The maximum Gasteiger partial charge on any atom is 0.162 e. The molecule has 1 atom stereocenters. The van der Waals surface area contributed by atoms with Crippen LogP contribution < -0.4 is 24.0 Å². The second-order valence-electron chi connectivity index (χ2n) is 11.0. The Kier molecular flexibility index (Phi) is 6.51. The number of piperazine rings is 1. The van der Waals surface area contributed by atoms with Gasteiger partial charge in [-0.15, -0.1) is 0 Å². The first-order chi connectivity index (χ1) is 17.7. The normalized spacial score (nSPS) is 18.4. The number of nitrogens with zero attached hydrogens (tertiary/aromatic N) is 2. The second-order valence-corrected chi connectivity index (χ2v) is 11.0. The molecule has 1 saturated heterocycles. The van der Waals surface area contributed by atoms with Crippen LogP contribution in [0.5, 0.6) is 17.2 Å². The molecule has 5 rings (SSSR count). The Hall–Kier alpha value is -3.34. The lowest BCUT2D eigenvalue weighted by Gasteiger charge is -2.39. The molecule has 196 valence electrons. The van der Waals surface area contributed by atoms with Gasteiger partial charge in [0.1, 0.15) is 11.4 Å². The molecule has 37 heavy (non-hydrogen) atoms. The number of aryl methyl sites for hydroxylation is 1. The van der Waals surface area contributed by atoms with Crippen LogP contribution in [0.2, 0.25) is 0 Å². The van der Waals surface area contributed by atoms with Gasteiger partial charge < -0.3 is 24.0 Å². The number of hydrogen-bond donors (Lipinski definition) is 0. The fourth-order valence-electron chi connectivity index (χ4n) is 6.29. The lowest BCUT2D eigenvalue weighted by molar-refractivity contribution is 0.121. The number of rotatable bonds is 5. The third-order valence-electron chi connectivity index (χ3n) is 8.35. The van der Waals surface area contributed by atoms with Gasteiger partial charge in [0.2, 0.25) is 0 Å².